The van der Waals surface area contributed by atoms with Gasteiger partial charge in [-0.2, -0.15) is 0 Å². The Balaban J connectivity index is 1.64. The van der Waals surface area contributed by atoms with Crippen LogP contribution in [0.4, 0.5) is 5.69 Å². The van der Waals surface area contributed by atoms with Gasteiger partial charge in [-0.3, -0.25) is 24.6 Å². The van der Waals surface area contributed by atoms with Gasteiger partial charge < -0.3 is 15.5 Å². The summed E-state index contributed by atoms with van der Waals surface area (Å²) in [4.78, 5) is 41.9. The van der Waals surface area contributed by atoms with Gasteiger partial charge in [0.2, 0.25) is 17.7 Å². The van der Waals surface area contributed by atoms with Crippen molar-refractivity contribution in [2.24, 2.45) is 11.8 Å². The molecule has 0 aliphatic carbocycles. The molecule has 3 aliphatic rings. The van der Waals surface area contributed by atoms with Crippen molar-refractivity contribution in [3.8, 4) is 11.5 Å². The Labute approximate surface area is 185 Å². The van der Waals surface area contributed by atoms with E-state index in [0.29, 0.717) is 23.2 Å². The highest BCUT2D eigenvalue weighted by Crippen LogP contribution is 2.54. The number of imide groups is 1. The molecule has 2 aromatic carbocycles. The molecule has 2 saturated heterocycles. The van der Waals surface area contributed by atoms with E-state index in [1.165, 1.54) is 17.0 Å². The summed E-state index contributed by atoms with van der Waals surface area (Å²) in [6.07, 6.45) is 0.295. The molecular weight excluding hydrogens is 410 g/mol. The highest BCUT2D eigenvalue weighted by atomic mass is 16.3. The van der Waals surface area contributed by atoms with Crippen LogP contribution in [0.25, 0.3) is 0 Å². The molecule has 0 unspecified atom stereocenters. The fourth-order valence-electron chi connectivity index (χ4n) is 5.54. The van der Waals surface area contributed by atoms with E-state index in [4.69, 9.17) is 0 Å². The van der Waals surface area contributed by atoms with Crippen LogP contribution in [0.5, 0.6) is 11.5 Å². The number of aromatic hydroxyl groups is 2. The van der Waals surface area contributed by atoms with E-state index in [9.17, 15) is 24.6 Å². The Hall–Kier alpha value is -3.39. The molecule has 166 valence electrons. The number of nitrogens with zero attached hydrogens (tertiary/aromatic N) is 1. The fraction of sp³-hybridized carbons (Fsp3) is 0.375. The maximum Gasteiger partial charge on any atom is 0.250 e. The van der Waals surface area contributed by atoms with Gasteiger partial charge in [0, 0.05) is 22.8 Å². The van der Waals surface area contributed by atoms with E-state index in [0.717, 1.165) is 0 Å². The third-order valence-corrected chi connectivity index (χ3v) is 6.79. The van der Waals surface area contributed by atoms with Gasteiger partial charge in [-0.05, 0) is 51.0 Å². The first-order valence-corrected chi connectivity index (χ1v) is 10.6. The van der Waals surface area contributed by atoms with Crippen LogP contribution in [0.2, 0.25) is 0 Å². The molecule has 32 heavy (non-hydrogen) atoms. The third-order valence-electron chi connectivity index (χ3n) is 6.79. The van der Waals surface area contributed by atoms with Gasteiger partial charge in [0.1, 0.15) is 5.54 Å². The van der Waals surface area contributed by atoms with Crippen LogP contribution in [-0.2, 0) is 26.3 Å². The van der Waals surface area contributed by atoms with Crippen molar-refractivity contribution >= 4 is 23.4 Å². The molecule has 5 rings (SSSR count). The number of carbonyl (C=O) groups is 3. The van der Waals surface area contributed by atoms with Gasteiger partial charge in [0.05, 0.1) is 11.8 Å². The molecule has 0 radical (unpaired) electrons. The lowest BCUT2D eigenvalue weighted by atomic mass is 9.76. The average molecular weight is 435 g/mol. The maximum atomic E-state index is 13.7. The Morgan fingerprint density at radius 3 is 2.41 bits per heavy atom. The number of hydrogen-bond acceptors (Lipinski definition) is 6. The highest BCUT2D eigenvalue weighted by molar-refractivity contribution is 6.15. The molecule has 3 amide bonds. The number of para-hydroxylation sites is 1. The predicted molar refractivity (Wildman–Crippen MR) is 116 cm³/mol. The Morgan fingerprint density at radius 1 is 1.00 bits per heavy atom. The number of benzene rings is 2. The largest absolute Gasteiger partial charge is 0.504 e. The third kappa shape index (κ3) is 2.62. The SMILES string of the molecule is CC(C)(C)N1C(=O)[C@H]2[C@@H](C1=O)[C@]1(N[C@@H]2Cc2ccc(O)c(O)c2)C(=O)Nc2ccccc21. The van der Waals surface area contributed by atoms with Crippen LogP contribution in [0, 0.1) is 11.8 Å². The van der Waals surface area contributed by atoms with Gasteiger partial charge in [-0.15, -0.1) is 0 Å². The Morgan fingerprint density at radius 2 is 1.72 bits per heavy atom. The molecule has 2 fully saturated rings. The smallest absolute Gasteiger partial charge is 0.250 e. The molecule has 0 bridgehead atoms. The van der Waals surface area contributed by atoms with Crippen molar-refractivity contribution in [3.63, 3.8) is 0 Å². The second kappa shape index (κ2) is 6.56. The van der Waals surface area contributed by atoms with Crippen LogP contribution in [0.3, 0.4) is 0 Å². The summed E-state index contributed by atoms with van der Waals surface area (Å²) in [5.74, 6) is -3.13. The van der Waals surface area contributed by atoms with Crippen LogP contribution in [0.15, 0.2) is 42.5 Å². The Kier molecular flexibility index (Phi) is 4.20. The number of rotatable bonds is 2. The van der Waals surface area contributed by atoms with E-state index in [1.54, 1.807) is 32.9 Å². The minimum atomic E-state index is -1.35. The first-order valence-electron chi connectivity index (χ1n) is 10.6. The zero-order valence-electron chi connectivity index (χ0n) is 18.0. The van der Waals surface area contributed by atoms with Gasteiger partial charge >= 0.3 is 0 Å². The second-order valence-electron chi connectivity index (χ2n) is 9.77. The number of amides is 3. The molecular formula is C24H25N3O5. The van der Waals surface area contributed by atoms with Crippen LogP contribution in [0.1, 0.15) is 31.9 Å². The number of fused-ring (bicyclic) bond motifs is 4. The van der Waals surface area contributed by atoms with Crippen molar-refractivity contribution in [1.29, 1.82) is 0 Å². The molecule has 3 heterocycles. The number of carbonyl (C=O) groups excluding carboxylic acids is 3. The van der Waals surface area contributed by atoms with Crippen molar-refractivity contribution in [1.82, 2.24) is 10.2 Å². The summed E-state index contributed by atoms with van der Waals surface area (Å²) in [6.45, 7) is 5.42. The molecule has 8 heteroatoms. The molecule has 8 nitrogen and oxygen atoms in total. The van der Waals surface area contributed by atoms with Crippen LogP contribution >= 0.6 is 0 Å². The van der Waals surface area contributed by atoms with Crippen LogP contribution < -0.4 is 10.6 Å². The summed E-state index contributed by atoms with van der Waals surface area (Å²) in [5, 5.41) is 25.8. The lowest BCUT2D eigenvalue weighted by Gasteiger charge is -2.34. The highest BCUT2D eigenvalue weighted by Gasteiger charge is 2.71. The number of nitrogens with one attached hydrogen (secondary N) is 2. The molecule has 0 aromatic heterocycles. The van der Waals surface area contributed by atoms with E-state index in [-0.39, 0.29) is 29.2 Å². The number of hydrogen-bond donors (Lipinski definition) is 4. The average Bonchev–Trinajstić information content (AvgIpc) is 3.29. The lowest BCUT2D eigenvalue weighted by Crippen LogP contribution is -2.56. The van der Waals surface area contributed by atoms with Crippen LogP contribution in [-0.4, -0.2) is 44.4 Å². The van der Waals surface area contributed by atoms with Gasteiger partial charge in [-0.25, -0.2) is 0 Å². The number of phenols is 2. The van der Waals surface area contributed by atoms with E-state index in [2.05, 4.69) is 10.6 Å². The van der Waals surface area contributed by atoms with E-state index >= 15 is 0 Å². The monoisotopic (exact) mass is 435 g/mol. The van der Waals surface area contributed by atoms with E-state index < -0.39 is 29.0 Å². The first-order chi connectivity index (χ1) is 15.1. The summed E-state index contributed by atoms with van der Waals surface area (Å²) >= 11 is 0. The number of likely N-dealkylation sites (tertiary alicyclic amines) is 1. The summed E-state index contributed by atoms with van der Waals surface area (Å²) in [5.41, 5.74) is -0.114. The zero-order valence-corrected chi connectivity index (χ0v) is 18.0. The summed E-state index contributed by atoms with van der Waals surface area (Å²) in [6, 6.07) is 11.2. The summed E-state index contributed by atoms with van der Waals surface area (Å²) in [7, 11) is 0. The zero-order chi connectivity index (χ0) is 23.0. The van der Waals surface area contributed by atoms with Crippen molar-refractivity contribution in [3.05, 3.63) is 53.6 Å². The summed E-state index contributed by atoms with van der Waals surface area (Å²) < 4.78 is 0. The van der Waals surface area contributed by atoms with Crippen molar-refractivity contribution < 1.29 is 24.6 Å². The second-order valence-corrected chi connectivity index (χ2v) is 9.77. The first kappa shape index (κ1) is 20.5. The van der Waals surface area contributed by atoms with E-state index in [1.807, 2.05) is 18.2 Å². The Bertz CT molecular complexity index is 1170. The lowest BCUT2D eigenvalue weighted by molar-refractivity contribution is -0.147. The quantitative estimate of drug-likeness (QED) is 0.422. The topological polar surface area (TPSA) is 119 Å². The van der Waals surface area contributed by atoms with Gasteiger partial charge in [-0.1, -0.05) is 24.3 Å². The fourth-order valence-corrected chi connectivity index (χ4v) is 5.54. The van der Waals surface area contributed by atoms with Gasteiger partial charge in [0.25, 0.3) is 0 Å². The molecule has 4 atom stereocenters. The van der Waals surface area contributed by atoms with Gasteiger partial charge in [0.15, 0.2) is 11.5 Å². The minimum absolute atomic E-state index is 0.238. The van der Waals surface area contributed by atoms with Crippen molar-refractivity contribution in [2.75, 3.05) is 5.32 Å². The normalized spacial score (nSPS) is 28.9. The number of phenolic OH excluding ortho intramolecular Hbond substituents is 2. The van der Waals surface area contributed by atoms with Crippen molar-refractivity contribution in [2.45, 2.75) is 44.3 Å². The molecule has 0 saturated carbocycles. The minimum Gasteiger partial charge on any atom is -0.504 e. The predicted octanol–water partition coefficient (Wildman–Crippen LogP) is 1.86. The number of anilines is 1. The molecule has 1 spiro atoms. The molecule has 3 aliphatic heterocycles. The molecule has 2 aromatic rings. The standard InChI is InChI=1S/C24H25N3O5/c1-23(2,3)27-20(30)18-15(10-12-8-9-16(28)17(29)11-12)26-24(19(18)21(27)31)13-6-4-5-7-14(13)25-22(24)32/h4-9,11,15,18-19,26,28-29H,10H2,1-3H3,(H,25,32)/t15-,18-,19+,24+/m1/s1. The maximum absolute atomic E-state index is 13.7. The molecule has 4 N–H and O–H groups in total.